The molecule has 0 saturated heterocycles. The molecule has 0 aliphatic rings. The molecule has 1 atom stereocenters. The summed E-state index contributed by atoms with van der Waals surface area (Å²) in [5.74, 6) is -0.959. The van der Waals surface area contributed by atoms with E-state index in [-0.39, 0.29) is 29.7 Å². The topological polar surface area (TPSA) is 86.5 Å². The van der Waals surface area contributed by atoms with E-state index in [2.05, 4.69) is 0 Å². The van der Waals surface area contributed by atoms with Gasteiger partial charge in [-0.2, -0.15) is 0 Å². The third-order valence-corrected chi connectivity index (χ3v) is 4.04. The standard InChI is InChI=1S/C12H15ClFNO5S/c1-9(5-7-21(13,18)19)4-6-20-12-3-2-10(15(16)17)8-11(12)14/h2-3,8-9H,4-7H2,1H3. The number of non-ortho nitro benzene ring substituents is 1. The van der Waals surface area contributed by atoms with Crippen LogP contribution in [-0.4, -0.2) is 25.7 Å². The van der Waals surface area contributed by atoms with Gasteiger partial charge in [0.2, 0.25) is 9.05 Å². The van der Waals surface area contributed by atoms with Crippen LogP contribution in [0.15, 0.2) is 18.2 Å². The average molecular weight is 340 g/mol. The minimum absolute atomic E-state index is 0.0413. The second kappa shape index (κ2) is 7.56. The first kappa shape index (κ1) is 17.6. The molecule has 0 aliphatic heterocycles. The highest BCUT2D eigenvalue weighted by Crippen LogP contribution is 2.23. The quantitative estimate of drug-likeness (QED) is 0.412. The molecule has 1 unspecified atom stereocenters. The van der Waals surface area contributed by atoms with Gasteiger partial charge in [0.05, 0.1) is 23.3 Å². The summed E-state index contributed by atoms with van der Waals surface area (Å²) in [4.78, 5) is 9.77. The predicted molar refractivity (Wildman–Crippen MR) is 76.6 cm³/mol. The first-order valence-electron chi connectivity index (χ1n) is 6.18. The third-order valence-electron chi connectivity index (χ3n) is 2.85. The summed E-state index contributed by atoms with van der Waals surface area (Å²) in [5, 5.41) is 10.5. The molecular formula is C12H15ClFNO5S. The van der Waals surface area contributed by atoms with Crippen LogP contribution in [-0.2, 0) is 9.05 Å². The van der Waals surface area contributed by atoms with E-state index < -0.39 is 19.8 Å². The molecule has 0 aromatic heterocycles. The molecule has 0 aliphatic carbocycles. The van der Waals surface area contributed by atoms with E-state index in [0.29, 0.717) is 12.8 Å². The number of halogens is 2. The normalized spacial score (nSPS) is 12.9. The molecule has 1 aromatic carbocycles. The molecule has 1 aromatic rings. The van der Waals surface area contributed by atoms with E-state index in [1.807, 2.05) is 6.92 Å². The summed E-state index contributed by atoms with van der Waals surface area (Å²) < 4.78 is 40.3. The van der Waals surface area contributed by atoms with Crippen molar-refractivity contribution in [2.24, 2.45) is 5.92 Å². The van der Waals surface area contributed by atoms with E-state index in [9.17, 15) is 22.9 Å². The average Bonchev–Trinajstić information content (AvgIpc) is 2.37. The molecule has 0 radical (unpaired) electrons. The van der Waals surface area contributed by atoms with Gasteiger partial charge in [-0.3, -0.25) is 10.1 Å². The smallest absolute Gasteiger partial charge is 0.272 e. The number of hydrogen-bond acceptors (Lipinski definition) is 5. The van der Waals surface area contributed by atoms with Crippen molar-refractivity contribution >= 4 is 25.4 Å². The number of ether oxygens (including phenoxy) is 1. The highest BCUT2D eigenvalue weighted by Gasteiger charge is 2.13. The maximum atomic E-state index is 13.5. The molecule has 0 N–H and O–H groups in total. The number of hydrogen-bond donors (Lipinski definition) is 0. The lowest BCUT2D eigenvalue weighted by molar-refractivity contribution is -0.385. The van der Waals surface area contributed by atoms with Gasteiger partial charge in [0.25, 0.3) is 5.69 Å². The molecule has 0 spiro atoms. The summed E-state index contributed by atoms with van der Waals surface area (Å²) in [7, 11) is 1.60. The summed E-state index contributed by atoms with van der Waals surface area (Å²) in [5.41, 5.74) is -0.347. The molecular weight excluding hydrogens is 325 g/mol. The van der Waals surface area contributed by atoms with Gasteiger partial charge in [0.15, 0.2) is 11.6 Å². The Kier molecular flexibility index (Phi) is 6.35. The van der Waals surface area contributed by atoms with Crippen molar-refractivity contribution in [1.29, 1.82) is 0 Å². The number of nitro benzene ring substituents is 1. The Morgan fingerprint density at radius 3 is 2.62 bits per heavy atom. The van der Waals surface area contributed by atoms with E-state index in [1.54, 1.807) is 0 Å². The lowest BCUT2D eigenvalue weighted by Gasteiger charge is -2.11. The summed E-state index contributed by atoms with van der Waals surface area (Å²) >= 11 is 0. The van der Waals surface area contributed by atoms with Crippen LogP contribution in [0.5, 0.6) is 5.75 Å². The zero-order valence-corrected chi connectivity index (χ0v) is 12.9. The predicted octanol–water partition coefficient (Wildman–Crippen LogP) is 3.10. The van der Waals surface area contributed by atoms with Crippen LogP contribution in [0.2, 0.25) is 0 Å². The van der Waals surface area contributed by atoms with Crippen LogP contribution in [0.25, 0.3) is 0 Å². The van der Waals surface area contributed by atoms with Gasteiger partial charge in [-0.1, -0.05) is 6.92 Å². The molecule has 0 amide bonds. The Morgan fingerprint density at radius 2 is 2.10 bits per heavy atom. The van der Waals surface area contributed by atoms with E-state index in [0.717, 1.165) is 12.1 Å². The van der Waals surface area contributed by atoms with Gasteiger partial charge >= 0.3 is 0 Å². The molecule has 0 bridgehead atoms. The van der Waals surface area contributed by atoms with Crippen LogP contribution in [0.3, 0.4) is 0 Å². The van der Waals surface area contributed by atoms with Crippen LogP contribution in [0.1, 0.15) is 19.8 Å². The Labute approximate surface area is 126 Å². The molecule has 0 saturated carbocycles. The summed E-state index contributed by atoms with van der Waals surface area (Å²) in [6, 6.07) is 3.14. The molecule has 9 heteroatoms. The number of nitrogens with zero attached hydrogens (tertiary/aromatic N) is 1. The van der Waals surface area contributed by atoms with Crippen molar-refractivity contribution in [2.45, 2.75) is 19.8 Å². The molecule has 0 heterocycles. The van der Waals surface area contributed by atoms with E-state index in [4.69, 9.17) is 15.4 Å². The number of nitro groups is 1. The zero-order valence-electron chi connectivity index (χ0n) is 11.3. The second-order valence-corrected chi connectivity index (χ2v) is 7.54. The van der Waals surface area contributed by atoms with Crippen molar-refractivity contribution in [1.82, 2.24) is 0 Å². The maximum absolute atomic E-state index is 13.5. The summed E-state index contributed by atoms with van der Waals surface area (Å²) in [6.07, 6.45) is 0.904. The fourth-order valence-corrected chi connectivity index (χ4v) is 2.53. The van der Waals surface area contributed by atoms with Gasteiger partial charge in [0.1, 0.15) is 0 Å². The van der Waals surface area contributed by atoms with Crippen molar-refractivity contribution in [3.8, 4) is 5.75 Å². The Morgan fingerprint density at radius 1 is 1.43 bits per heavy atom. The summed E-state index contributed by atoms with van der Waals surface area (Å²) in [6.45, 7) is 2.01. The van der Waals surface area contributed by atoms with Crippen molar-refractivity contribution < 1.29 is 22.5 Å². The van der Waals surface area contributed by atoms with Gasteiger partial charge in [0, 0.05) is 16.7 Å². The van der Waals surface area contributed by atoms with E-state index in [1.165, 1.54) is 6.07 Å². The van der Waals surface area contributed by atoms with E-state index >= 15 is 0 Å². The zero-order chi connectivity index (χ0) is 16.0. The maximum Gasteiger partial charge on any atom is 0.272 e. The molecule has 1 rings (SSSR count). The molecule has 6 nitrogen and oxygen atoms in total. The van der Waals surface area contributed by atoms with Crippen LogP contribution in [0, 0.1) is 21.8 Å². The lowest BCUT2D eigenvalue weighted by Crippen LogP contribution is -2.09. The lowest BCUT2D eigenvalue weighted by atomic mass is 10.1. The minimum atomic E-state index is -3.51. The molecule has 118 valence electrons. The third kappa shape index (κ3) is 6.72. The van der Waals surface area contributed by atoms with Crippen molar-refractivity contribution in [3.63, 3.8) is 0 Å². The Balaban J connectivity index is 2.44. The Bertz CT molecular complexity index is 608. The largest absolute Gasteiger partial charge is 0.491 e. The fraction of sp³-hybridized carbons (Fsp3) is 0.500. The fourth-order valence-electron chi connectivity index (χ4n) is 1.58. The van der Waals surface area contributed by atoms with Gasteiger partial charge in [-0.05, 0) is 24.8 Å². The SMILES string of the molecule is CC(CCOc1ccc([N+](=O)[O-])cc1F)CCS(=O)(=O)Cl. The van der Waals surface area contributed by atoms with Gasteiger partial charge < -0.3 is 4.74 Å². The van der Waals surface area contributed by atoms with Crippen molar-refractivity contribution in [2.75, 3.05) is 12.4 Å². The highest BCUT2D eigenvalue weighted by molar-refractivity contribution is 8.13. The van der Waals surface area contributed by atoms with Gasteiger partial charge in [-0.25, -0.2) is 12.8 Å². The number of benzene rings is 1. The van der Waals surface area contributed by atoms with Crippen LogP contribution >= 0.6 is 10.7 Å². The molecule has 21 heavy (non-hydrogen) atoms. The number of rotatable bonds is 8. The van der Waals surface area contributed by atoms with Gasteiger partial charge in [-0.15, -0.1) is 0 Å². The first-order chi connectivity index (χ1) is 9.69. The van der Waals surface area contributed by atoms with Crippen molar-refractivity contribution in [3.05, 3.63) is 34.1 Å². The Hall–Kier alpha value is -1.41. The van der Waals surface area contributed by atoms with Crippen LogP contribution < -0.4 is 4.74 Å². The van der Waals surface area contributed by atoms with Crippen LogP contribution in [0.4, 0.5) is 10.1 Å². The highest BCUT2D eigenvalue weighted by atomic mass is 35.7. The second-order valence-electron chi connectivity index (χ2n) is 4.65. The minimum Gasteiger partial charge on any atom is -0.491 e. The molecule has 0 fully saturated rings. The monoisotopic (exact) mass is 339 g/mol. The first-order valence-corrected chi connectivity index (χ1v) is 8.66.